The van der Waals surface area contributed by atoms with Gasteiger partial charge in [0.05, 0.1) is 5.75 Å². The molecule has 1 aromatic rings. The van der Waals surface area contributed by atoms with Crippen molar-refractivity contribution >= 4 is 32.0 Å². The summed E-state index contributed by atoms with van der Waals surface area (Å²) in [6.07, 6.45) is 1.16. The van der Waals surface area contributed by atoms with E-state index in [1.54, 1.807) is 6.07 Å². The summed E-state index contributed by atoms with van der Waals surface area (Å²) < 4.78 is 27.1. The molecule has 0 aliphatic carbocycles. The number of hydrogen-bond donors (Lipinski definition) is 2. The highest BCUT2D eigenvalue weighted by Crippen LogP contribution is 2.22. The fourth-order valence-electron chi connectivity index (χ4n) is 2.38. The normalized spacial score (nSPS) is 17.6. The third kappa shape index (κ3) is 4.42. The standard InChI is InChI=1S/C13H18BrN3O3S/c14-12-4-2-1-3-10(12)9-21(19,20)17-7-5-11(6-8-17)16-13(15)18/h1-4,11H,5-9H2,(H3,15,16,18). The highest BCUT2D eigenvalue weighted by Gasteiger charge is 2.28. The van der Waals surface area contributed by atoms with Crippen LogP contribution in [0, 0.1) is 0 Å². The molecule has 1 saturated heterocycles. The number of sulfonamides is 1. The van der Waals surface area contributed by atoms with Crippen LogP contribution in [0.25, 0.3) is 0 Å². The topological polar surface area (TPSA) is 92.5 Å². The predicted molar refractivity (Wildman–Crippen MR) is 84.1 cm³/mol. The molecule has 0 bridgehead atoms. The number of urea groups is 1. The van der Waals surface area contributed by atoms with Crippen molar-refractivity contribution in [1.82, 2.24) is 9.62 Å². The van der Waals surface area contributed by atoms with Gasteiger partial charge in [0.15, 0.2) is 0 Å². The van der Waals surface area contributed by atoms with Gasteiger partial charge in [-0.3, -0.25) is 0 Å². The minimum Gasteiger partial charge on any atom is -0.352 e. The predicted octanol–water partition coefficient (Wildman–Crippen LogP) is 1.41. The van der Waals surface area contributed by atoms with Gasteiger partial charge in [-0.1, -0.05) is 34.1 Å². The van der Waals surface area contributed by atoms with Crippen molar-refractivity contribution in [3.05, 3.63) is 34.3 Å². The molecule has 0 atom stereocenters. The van der Waals surface area contributed by atoms with Crippen molar-refractivity contribution in [2.24, 2.45) is 5.73 Å². The average molecular weight is 376 g/mol. The second-order valence-corrected chi connectivity index (χ2v) is 7.85. The summed E-state index contributed by atoms with van der Waals surface area (Å²) in [5.41, 5.74) is 5.82. The lowest BCUT2D eigenvalue weighted by atomic mass is 10.1. The molecule has 1 aromatic carbocycles. The minimum absolute atomic E-state index is 0.0255. The fourth-order valence-corrected chi connectivity index (χ4v) is 4.59. The molecule has 116 valence electrons. The summed E-state index contributed by atoms with van der Waals surface area (Å²) in [7, 11) is -3.35. The smallest absolute Gasteiger partial charge is 0.312 e. The van der Waals surface area contributed by atoms with Crippen molar-refractivity contribution in [3.63, 3.8) is 0 Å². The first-order valence-corrected chi connectivity index (χ1v) is 9.06. The molecule has 0 unspecified atom stereocenters. The van der Waals surface area contributed by atoms with Crippen LogP contribution in [-0.4, -0.2) is 37.9 Å². The zero-order valence-electron chi connectivity index (χ0n) is 11.5. The van der Waals surface area contributed by atoms with Crippen LogP contribution in [0.1, 0.15) is 18.4 Å². The second kappa shape index (κ2) is 6.76. The van der Waals surface area contributed by atoms with Gasteiger partial charge in [0, 0.05) is 23.6 Å². The summed E-state index contributed by atoms with van der Waals surface area (Å²) in [4.78, 5) is 10.8. The number of carbonyl (C=O) groups excluding carboxylic acids is 1. The maximum absolute atomic E-state index is 12.4. The Kier molecular flexibility index (Phi) is 5.23. The zero-order valence-corrected chi connectivity index (χ0v) is 13.9. The Labute approximate surface area is 132 Å². The van der Waals surface area contributed by atoms with Gasteiger partial charge in [-0.25, -0.2) is 17.5 Å². The van der Waals surface area contributed by atoms with Crippen LogP contribution >= 0.6 is 15.9 Å². The third-order valence-electron chi connectivity index (χ3n) is 3.49. The van der Waals surface area contributed by atoms with Gasteiger partial charge in [-0.15, -0.1) is 0 Å². The quantitative estimate of drug-likeness (QED) is 0.832. The number of nitrogens with one attached hydrogen (secondary N) is 1. The monoisotopic (exact) mass is 375 g/mol. The van der Waals surface area contributed by atoms with Crippen LogP contribution in [0.3, 0.4) is 0 Å². The van der Waals surface area contributed by atoms with E-state index < -0.39 is 16.1 Å². The molecule has 2 rings (SSSR count). The van der Waals surface area contributed by atoms with Gasteiger partial charge < -0.3 is 11.1 Å². The Morgan fingerprint density at radius 1 is 1.33 bits per heavy atom. The third-order valence-corrected chi connectivity index (χ3v) is 6.09. The molecule has 21 heavy (non-hydrogen) atoms. The van der Waals surface area contributed by atoms with E-state index >= 15 is 0 Å². The minimum atomic E-state index is -3.35. The summed E-state index contributed by atoms with van der Waals surface area (Å²) in [6.45, 7) is 0.801. The summed E-state index contributed by atoms with van der Waals surface area (Å²) in [5.74, 6) is -0.0255. The maximum atomic E-state index is 12.4. The van der Waals surface area contributed by atoms with Crippen molar-refractivity contribution in [3.8, 4) is 0 Å². The number of carbonyl (C=O) groups is 1. The summed E-state index contributed by atoms with van der Waals surface area (Å²) in [5, 5.41) is 2.62. The first-order chi connectivity index (χ1) is 9.88. The lowest BCUT2D eigenvalue weighted by molar-refractivity contribution is 0.235. The van der Waals surface area contributed by atoms with Crippen LogP contribution in [0.2, 0.25) is 0 Å². The summed E-state index contributed by atoms with van der Waals surface area (Å²) >= 11 is 3.37. The average Bonchev–Trinajstić information content (AvgIpc) is 2.41. The van der Waals surface area contributed by atoms with Gasteiger partial charge >= 0.3 is 6.03 Å². The molecule has 0 saturated carbocycles. The number of nitrogens with zero attached hydrogens (tertiary/aromatic N) is 1. The number of hydrogen-bond acceptors (Lipinski definition) is 3. The van der Waals surface area contributed by atoms with Crippen LogP contribution < -0.4 is 11.1 Å². The van der Waals surface area contributed by atoms with Crippen molar-refractivity contribution in [2.75, 3.05) is 13.1 Å². The van der Waals surface area contributed by atoms with E-state index in [1.165, 1.54) is 4.31 Å². The molecular weight excluding hydrogens is 358 g/mol. The number of amides is 2. The van der Waals surface area contributed by atoms with Crippen LogP contribution in [0.15, 0.2) is 28.7 Å². The number of benzene rings is 1. The Morgan fingerprint density at radius 2 is 1.95 bits per heavy atom. The van der Waals surface area contributed by atoms with Crippen molar-refractivity contribution < 1.29 is 13.2 Å². The SMILES string of the molecule is NC(=O)NC1CCN(S(=O)(=O)Cc2ccccc2Br)CC1. The zero-order chi connectivity index (χ0) is 15.5. The highest BCUT2D eigenvalue weighted by atomic mass is 79.9. The summed E-state index contributed by atoms with van der Waals surface area (Å²) in [6, 6.07) is 6.68. The molecule has 6 nitrogen and oxygen atoms in total. The molecule has 0 spiro atoms. The van der Waals surface area contributed by atoms with Gasteiger partial charge in [-0.2, -0.15) is 0 Å². The molecule has 1 aliphatic heterocycles. The largest absolute Gasteiger partial charge is 0.352 e. The Bertz CT molecular complexity index is 613. The molecule has 2 amide bonds. The fraction of sp³-hybridized carbons (Fsp3) is 0.462. The number of rotatable bonds is 4. The van der Waals surface area contributed by atoms with Gasteiger partial charge in [-0.05, 0) is 24.5 Å². The van der Waals surface area contributed by atoms with Crippen LogP contribution in [-0.2, 0) is 15.8 Å². The van der Waals surface area contributed by atoms with E-state index in [4.69, 9.17) is 5.73 Å². The van der Waals surface area contributed by atoms with E-state index in [0.717, 1.165) is 10.0 Å². The maximum Gasteiger partial charge on any atom is 0.312 e. The van der Waals surface area contributed by atoms with Crippen LogP contribution in [0.4, 0.5) is 4.79 Å². The molecule has 1 heterocycles. The molecule has 8 heteroatoms. The van der Waals surface area contributed by atoms with E-state index in [2.05, 4.69) is 21.2 Å². The van der Waals surface area contributed by atoms with Gasteiger partial charge in [0.1, 0.15) is 0 Å². The molecule has 3 N–H and O–H groups in total. The van der Waals surface area contributed by atoms with Crippen molar-refractivity contribution in [2.45, 2.75) is 24.6 Å². The van der Waals surface area contributed by atoms with E-state index in [1.807, 2.05) is 18.2 Å². The lowest BCUT2D eigenvalue weighted by Crippen LogP contribution is -2.48. The molecular formula is C13H18BrN3O3S. The van der Waals surface area contributed by atoms with E-state index in [-0.39, 0.29) is 11.8 Å². The molecule has 0 radical (unpaired) electrons. The number of nitrogens with two attached hydrogens (primary N) is 1. The molecule has 0 aromatic heterocycles. The number of piperidine rings is 1. The molecule has 1 fully saturated rings. The first-order valence-electron chi connectivity index (χ1n) is 6.65. The van der Waals surface area contributed by atoms with Gasteiger partial charge in [0.2, 0.25) is 10.0 Å². The second-order valence-electron chi connectivity index (χ2n) is 5.03. The first kappa shape index (κ1) is 16.3. The van der Waals surface area contributed by atoms with Crippen LogP contribution in [0.5, 0.6) is 0 Å². The highest BCUT2D eigenvalue weighted by molar-refractivity contribution is 9.10. The Morgan fingerprint density at radius 3 is 2.52 bits per heavy atom. The van der Waals surface area contributed by atoms with E-state index in [0.29, 0.717) is 25.9 Å². The van der Waals surface area contributed by atoms with Gasteiger partial charge in [0.25, 0.3) is 0 Å². The van der Waals surface area contributed by atoms with E-state index in [9.17, 15) is 13.2 Å². The molecule has 1 aliphatic rings. The number of halogens is 1. The van der Waals surface area contributed by atoms with Crippen molar-refractivity contribution in [1.29, 1.82) is 0 Å². The lowest BCUT2D eigenvalue weighted by Gasteiger charge is -2.31. The Hall–Kier alpha value is -1.12. The Balaban J connectivity index is 1.99. The number of primary amides is 1.